The molecule has 0 bridgehead atoms. The van der Waals surface area contributed by atoms with Gasteiger partial charge in [-0.1, -0.05) is 20.8 Å². The molecule has 0 radical (unpaired) electrons. The monoisotopic (exact) mass is 214 g/mol. The molecule has 0 aliphatic rings. The lowest BCUT2D eigenvalue weighted by molar-refractivity contribution is 0.0995. The van der Waals surface area contributed by atoms with Crippen LogP contribution in [0.3, 0.4) is 0 Å². The molecule has 6 nitrogen and oxygen atoms in total. The molecule has 0 aliphatic carbocycles. The molecular weight excluding hydrogens is 200 g/mol. The van der Waals surface area contributed by atoms with E-state index in [4.69, 9.17) is 4.52 Å². The number of carbonyl (C=O) groups is 1. The molecule has 1 aromatic rings. The van der Waals surface area contributed by atoms with Crippen molar-refractivity contribution < 1.29 is 18.8 Å². The fourth-order valence-electron chi connectivity index (χ4n) is 0.778. The number of aromatic nitrogens is 2. The summed E-state index contributed by atoms with van der Waals surface area (Å²) in [6, 6.07) is -0.127. The first-order valence-electron chi connectivity index (χ1n) is 4.62. The summed E-state index contributed by atoms with van der Waals surface area (Å²) < 4.78 is 14.1. The van der Waals surface area contributed by atoms with Gasteiger partial charge in [0.05, 0.1) is 6.61 Å². The van der Waals surface area contributed by atoms with Gasteiger partial charge in [-0.05, 0) is 12.1 Å². The van der Waals surface area contributed by atoms with Crippen LogP contribution in [0.25, 0.3) is 0 Å². The number of ether oxygens (including phenoxy) is 2. The second kappa shape index (κ2) is 4.29. The summed E-state index contributed by atoms with van der Waals surface area (Å²) in [5.74, 6) is 0.404. The van der Waals surface area contributed by atoms with Gasteiger partial charge in [0, 0.05) is 5.41 Å². The van der Waals surface area contributed by atoms with Crippen molar-refractivity contribution in [2.75, 3.05) is 6.61 Å². The summed E-state index contributed by atoms with van der Waals surface area (Å²) in [4.78, 5) is 14.8. The highest BCUT2D eigenvalue weighted by Gasteiger charge is 2.23. The lowest BCUT2D eigenvalue weighted by atomic mass is 9.97. The topological polar surface area (TPSA) is 74.5 Å². The molecule has 0 fully saturated rings. The van der Waals surface area contributed by atoms with Gasteiger partial charge in [-0.15, -0.1) is 0 Å². The molecule has 0 saturated heterocycles. The first-order valence-corrected chi connectivity index (χ1v) is 4.62. The Morgan fingerprint density at radius 3 is 2.60 bits per heavy atom. The van der Waals surface area contributed by atoms with Gasteiger partial charge in [-0.2, -0.15) is 4.98 Å². The minimum absolute atomic E-state index is 0.127. The highest BCUT2D eigenvalue weighted by atomic mass is 16.7. The van der Waals surface area contributed by atoms with Crippen molar-refractivity contribution in [1.82, 2.24) is 10.1 Å². The van der Waals surface area contributed by atoms with E-state index in [1.54, 1.807) is 6.92 Å². The Hall–Kier alpha value is -1.59. The molecule has 84 valence electrons. The van der Waals surface area contributed by atoms with Crippen LogP contribution in [0.15, 0.2) is 4.52 Å². The van der Waals surface area contributed by atoms with E-state index >= 15 is 0 Å². The Kier molecular flexibility index (Phi) is 3.28. The lowest BCUT2D eigenvalue weighted by Crippen LogP contribution is -2.13. The molecule has 0 unspecified atom stereocenters. The van der Waals surface area contributed by atoms with Crippen molar-refractivity contribution in [1.29, 1.82) is 0 Å². The Morgan fingerprint density at radius 2 is 2.13 bits per heavy atom. The summed E-state index contributed by atoms with van der Waals surface area (Å²) in [5.41, 5.74) is -0.275. The second-order valence-corrected chi connectivity index (χ2v) is 3.92. The number of hydrogen-bond acceptors (Lipinski definition) is 6. The van der Waals surface area contributed by atoms with E-state index in [2.05, 4.69) is 19.6 Å². The maximum Gasteiger partial charge on any atom is 0.516 e. The first kappa shape index (κ1) is 11.5. The maximum atomic E-state index is 10.9. The fraction of sp³-hybridized carbons (Fsp3) is 0.667. The largest absolute Gasteiger partial charge is 0.516 e. The standard InChI is InChI=1S/C9H14N2O4/c1-5-13-8(12)14-7-10-6(15-11-7)9(2,3)4/h5H2,1-4H3. The number of carbonyl (C=O) groups excluding carboxylic acids is 1. The van der Waals surface area contributed by atoms with Crippen LogP contribution in [-0.2, 0) is 10.2 Å². The average Bonchev–Trinajstić information content (AvgIpc) is 2.52. The van der Waals surface area contributed by atoms with Crippen molar-refractivity contribution in [3.8, 4) is 6.01 Å². The number of nitrogens with zero attached hydrogens (tertiary/aromatic N) is 2. The summed E-state index contributed by atoms with van der Waals surface area (Å²) >= 11 is 0. The van der Waals surface area contributed by atoms with E-state index in [1.165, 1.54) is 0 Å². The Labute approximate surface area is 87.6 Å². The molecule has 1 aromatic heterocycles. The van der Waals surface area contributed by atoms with Crippen molar-refractivity contribution in [2.24, 2.45) is 0 Å². The Balaban J connectivity index is 2.65. The van der Waals surface area contributed by atoms with Gasteiger partial charge < -0.3 is 14.0 Å². The van der Waals surface area contributed by atoms with Crippen LogP contribution in [0.2, 0.25) is 0 Å². The normalized spacial score (nSPS) is 11.2. The molecular formula is C9H14N2O4. The zero-order chi connectivity index (χ0) is 11.5. The maximum absolute atomic E-state index is 10.9. The van der Waals surface area contributed by atoms with Crippen LogP contribution in [0, 0.1) is 0 Å². The van der Waals surface area contributed by atoms with Crippen molar-refractivity contribution in [3.05, 3.63) is 5.89 Å². The molecule has 0 N–H and O–H groups in total. The fourth-order valence-corrected chi connectivity index (χ4v) is 0.778. The van der Waals surface area contributed by atoms with Crippen LogP contribution in [0.5, 0.6) is 6.01 Å². The minimum Gasteiger partial charge on any atom is -0.434 e. The summed E-state index contributed by atoms with van der Waals surface area (Å²) in [6.45, 7) is 7.65. The van der Waals surface area contributed by atoms with Gasteiger partial charge in [0.15, 0.2) is 0 Å². The molecule has 0 amide bonds. The SMILES string of the molecule is CCOC(=O)Oc1noc(C(C)(C)C)n1. The molecule has 0 spiro atoms. The molecule has 0 aromatic carbocycles. The van der Waals surface area contributed by atoms with Crippen molar-refractivity contribution >= 4 is 6.16 Å². The van der Waals surface area contributed by atoms with Gasteiger partial charge in [-0.3, -0.25) is 0 Å². The van der Waals surface area contributed by atoms with E-state index in [1.807, 2.05) is 20.8 Å². The van der Waals surface area contributed by atoms with E-state index in [0.29, 0.717) is 5.89 Å². The number of hydrogen-bond donors (Lipinski definition) is 0. The number of rotatable bonds is 2. The quantitative estimate of drug-likeness (QED) is 0.700. The smallest absolute Gasteiger partial charge is 0.434 e. The molecule has 0 saturated carbocycles. The van der Waals surface area contributed by atoms with Crippen LogP contribution in [0.4, 0.5) is 4.79 Å². The molecule has 0 aliphatic heterocycles. The molecule has 0 atom stereocenters. The van der Waals surface area contributed by atoms with Gasteiger partial charge in [0.2, 0.25) is 5.89 Å². The first-order chi connectivity index (χ1) is 6.93. The molecule has 6 heteroatoms. The van der Waals surface area contributed by atoms with Crippen LogP contribution >= 0.6 is 0 Å². The van der Waals surface area contributed by atoms with E-state index in [-0.39, 0.29) is 18.0 Å². The molecule has 15 heavy (non-hydrogen) atoms. The van der Waals surface area contributed by atoms with E-state index < -0.39 is 6.16 Å². The highest BCUT2D eigenvalue weighted by Crippen LogP contribution is 2.21. The predicted molar refractivity (Wildman–Crippen MR) is 50.6 cm³/mol. The molecule has 1 rings (SSSR count). The third-order valence-corrected chi connectivity index (χ3v) is 1.49. The van der Waals surface area contributed by atoms with Crippen LogP contribution in [-0.4, -0.2) is 22.9 Å². The van der Waals surface area contributed by atoms with Crippen LogP contribution < -0.4 is 4.74 Å². The third kappa shape index (κ3) is 3.23. The summed E-state index contributed by atoms with van der Waals surface area (Å²) in [5, 5.41) is 3.50. The predicted octanol–water partition coefficient (Wildman–Crippen LogP) is 1.90. The summed E-state index contributed by atoms with van der Waals surface area (Å²) in [6.07, 6.45) is -0.834. The average molecular weight is 214 g/mol. The minimum atomic E-state index is -0.834. The van der Waals surface area contributed by atoms with E-state index in [0.717, 1.165) is 0 Å². The highest BCUT2D eigenvalue weighted by molar-refractivity contribution is 5.62. The molecule has 1 heterocycles. The van der Waals surface area contributed by atoms with Gasteiger partial charge >= 0.3 is 12.2 Å². The third-order valence-electron chi connectivity index (χ3n) is 1.49. The second-order valence-electron chi connectivity index (χ2n) is 3.92. The van der Waals surface area contributed by atoms with Crippen molar-refractivity contribution in [2.45, 2.75) is 33.1 Å². The Bertz CT molecular complexity index is 340. The van der Waals surface area contributed by atoms with Gasteiger partial charge in [-0.25, -0.2) is 4.79 Å². The Morgan fingerprint density at radius 1 is 1.47 bits per heavy atom. The summed E-state index contributed by atoms with van der Waals surface area (Å²) in [7, 11) is 0. The zero-order valence-electron chi connectivity index (χ0n) is 9.23. The van der Waals surface area contributed by atoms with Gasteiger partial charge in [0.25, 0.3) is 0 Å². The zero-order valence-corrected chi connectivity index (χ0v) is 9.23. The van der Waals surface area contributed by atoms with Gasteiger partial charge in [0.1, 0.15) is 0 Å². The van der Waals surface area contributed by atoms with Crippen molar-refractivity contribution in [3.63, 3.8) is 0 Å². The van der Waals surface area contributed by atoms with Crippen LogP contribution in [0.1, 0.15) is 33.6 Å². The lowest BCUT2D eigenvalue weighted by Gasteiger charge is -2.10. The van der Waals surface area contributed by atoms with E-state index in [9.17, 15) is 4.79 Å².